The lowest BCUT2D eigenvalue weighted by molar-refractivity contribution is 0.195. The van der Waals surface area contributed by atoms with Crippen molar-refractivity contribution in [1.29, 1.82) is 0 Å². The fraction of sp³-hybridized carbons (Fsp3) is 0.538. The van der Waals surface area contributed by atoms with Gasteiger partial charge in [0.25, 0.3) is 0 Å². The van der Waals surface area contributed by atoms with E-state index in [4.69, 9.17) is 21.1 Å². The molecule has 0 aliphatic carbocycles. The standard InChI is InChI=1S/C13H20ClNO2/c1-16-10-12(14)6-7-15-9-11-4-3-5-13(8-11)17-2/h3-5,8,12,15H,6-7,9-10H2,1-2H3. The van der Waals surface area contributed by atoms with E-state index >= 15 is 0 Å². The Hall–Kier alpha value is -0.770. The van der Waals surface area contributed by atoms with E-state index in [0.717, 1.165) is 25.3 Å². The first-order valence-electron chi connectivity index (χ1n) is 5.73. The SMILES string of the molecule is COCC(Cl)CCNCc1cccc(OC)c1. The molecule has 17 heavy (non-hydrogen) atoms. The van der Waals surface area contributed by atoms with Crippen molar-refractivity contribution < 1.29 is 9.47 Å². The Labute approximate surface area is 108 Å². The van der Waals surface area contributed by atoms with Crippen LogP contribution in [0.1, 0.15) is 12.0 Å². The van der Waals surface area contributed by atoms with Gasteiger partial charge in [-0.1, -0.05) is 12.1 Å². The Morgan fingerprint density at radius 1 is 1.35 bits per heavy atom. The highest BCUT2D eigenvalue weighted by molar-refractivity contribution is 6.20. The number of rotatable bonds is 8. The number of benzene rings is 1. The van der Waals surface area contributed by atoms with Crippen molar-refractivity contribution in [3.05, 3.63) is 29.8 Å². The van der Waals surface area contributed by atoms with E-state index in [1.54, 1.807) is 14.2 Å². The molecule has 0 aliphatic rings. The largest absolute Gasteiger partial charge is 0.497 e. The summed E-state index contributed by atoms with van der Waals surface area (Å²) in [5.41, 5.74) is 1.21. The lowest BCUT2D eigenvalue weighted by Crippen LogP contribution is -2.20. The van der Waals surface area contributed by atoms with Gasteiger partial charge in [0.2, 0.25) is 0 Å². The molecule has 0 bridgehead atoms. The molecule has 0 aliphatic heterocycles. The zero-order valence-electron chi connectivity index (χ0n) is 10.4. The quantitative estimate of drug-likeness (QED) is 0.573. The maximum Gasteiger partial charge on any atom is 0.119 e. The number of hydrogen-bond donors (Lipinski definition) is 1. The van der Waals surface area contributed by atoms with Crippen LogP contribution in [-0.4, -0.2) is 32.7 Å². The van der Waals surface area contributed by atoms with Crippen LogP contribution in [0, 0.1) is 0 Å². The van der Waals surface area contributed by atoms with Crippen LogP contribution in [0.3, 0.4) is 0 Å². The van der Waals surface area contributed by atoms with Gasteiger partial charge < -0.3 is 14.8 Å². The Morgan fingerprint density at radius 3 is 2.88 bits per heavy atom. The van der Waals surface area contributed by atoms with Crippen LogP contribution in [0.4, 0.5) is 0 Å². The summed E-state index contributed by atoms with van der Waals surface area (Å²) in [4.78, 5) is 0. The smallest absolute Gasteiger partial charge is 0.119 e. The van der Waals surface area contributed by atoms with Gasteiger partial charge in [-0.3, -0.25) is 0 Å². The van der Waals surface area contributed by atoms with Gasteiger partial charge in [0.05, 0.1) is 19.1 Å². The Bertz CT molecular complexity index is 320. The van der Waals surface area contributed by atoms with E-state index in [9.17, 15) is 0 Å². The average molecular weight is 258 g/mol. The third-order valence-electron chi connectivity index (χ3n) is 2.45. The maximum absolute atomic E-state index is 6.03. The molecule has 1 unspecified atom stereocenters. The first-order chi connectivity index (χ1) is 8.26. The summed E-state index contributed by atoms with van der Waals surface area (Å²) >= 11 is 6.03. The van der Waals surface area contributed by atoms with Gasteiger partial charge in [0.1, 0.15) is 5.75 Å². The van der Waals surface area contributed by atoms with Crippen LogP contribution < -0.4 is 10.1 Å². The fourth-order valence-corrected chi connectivity index (χ4v) is 1.77. The number of nitrogens with one attached hydrogen (secondary N) is 1. The fourth-order valence-electron chi connectivity index (χ4n) is 1.54. The van der Waals surface area contributed by atoms with Gasteiger partial charge >= 0.3 is 0 Å². The van der Waals surface area contributed by atoms with Crippen molar-refractivity contribution in [2.75, 3.05) is 27.4 Å². The van der Waals surface area contributed by atoms with Crippen molar-refractivity contribution >= 4 is 11.6 Å². The Morgan fingerprint density at radius 2 is 2.18 bits per heavy atom. The molecule has 0 spiro atoms. The summed E-state index contributed by atoms with van der Waals surface area (Å²) in [6.45, 7) is 2.31. The molecule has 3 nitrogen and oxygen atoms in total. The van der Waals surface area contributed by atoms with Gasteiger partial charge in [-0.25, -0.2) is 0 Å². The van der Waals surface area contributed by atoms with Crippen molar-refractivity contribution in [3.8, 4) is 5.75 Å². The normalized spacial score (nSPS) is 12.4. The van der Waals surface area contributed by atoms with Crippen molar-refractivity contribution in [2.24, 2.45) is 0 Å². The zero-order valence-corrected chi connectivity index (χ0v) is 11.2. The number of alkyl halides is 1. The molecule has 0 amide bonds. The molecule has 0 saturated heterocycles. The lowest BCUT2D eigenvalue weighted by atomic mass is 10.2. The topological polar surface area (TPSA) is 30.5 Å². The molecule has 1 aromatic carbocycles. The van der Waals surface area contributed by atoms with Crippen LogP contribution in [0.15, 0.2) is 24.3 Å². The van der Waals surface area contributed by atoms with E-state index in [1.807, 2.05) is 18.2 Å². The van der Waals surface area contributed by atoms with E-state index in [1.165, 1.54) is 5.56 Å². The molecule has 0 fully saturated rings. The third-order valence-corrected chi connectivity index (χ3v) is 2.79. The second-order valence-corrected chi connectivity index (χ2v) is 4.49. The number of methoxy groups -OCH3 is 2. The summed E-state index contributed by atoms with van der Waals surface area (Å²) in [5.74, 6) is 0.888. The monoisotopic (exact) mass is 257 g/mol. The highest BCUT2D eigenvalue weighted by Gasteiger charge is 2.02. The highest BCUT2D eigenvalue weighted by atomic mass is 35.5. The van der Waals surface area contributed by atoms with Gasteiger partial charge in [0, 0.05) is 13.7 Å². The van der Waals surface area contributed by atoms with Gasteiger partial charge in [-0.05, 0) is 30.7 Å². The van der Waals surface area contributed by atoms with Gasteiger partial charge in [-0.15, -0.1) is 11.6 Å². The van der Waals surface area contributed by atoms with Crippen LogP contribution in [0.2, 0.25) is 0 Å². The first-order valence-corrected chi connectivity index (χ1v) is 6.16. The van der Waals surface area contributed by atoms with Gasteiger partial charge in [-0.2, -0.15) is 0 Å². The van der Waals surface area contributed by atoms with Crippen molar-refractivity contribution in [2.45, 2.75) is 18.3 Å². The molecular formula is C13H20ClNO2. The molecule has 1 atom stereocenters. The Balaban J connectivity index is 2.21. The van der Waals surface area contributed by atoms with Crippen LogP contribution >= 0.6 is 11.6 Å². The first kappa shape index (κ1) is 14.3. The minimum absolute atomic E-state index is 0.0813. The molecule has 1 rings (SSSR count). The average Bonchev–Trinajstić information content (AvgIpc) is 2.35. The number of hydrogen-bond acceptors (Lipinski definition) is 3. The Kier molecular flexibility index (Phi) is 7.01. The molecular weight excluding hydrogens is 238 g/mol. The van der Waals surface area contributed by atoms with Crippen LogP contribution in [0.25, 0.3) is 0 Å². The number of halogens is 1. The van der Waals surface area contributed by atoms with E-state index < -0.39 is 0 Å². The lowest BCUT2D eigenvalue weighted by Gasteiger charge is -2.09. The molecule has 0 heterocycles. The molecule has 0 saturated carbocycles. The summed E-state index contributed by atoms with van der Waals surface area (Å²) in [6.07, 6.45) is 0.902. The minimum atomic E-state index is 0.0813. The van der Waals surface area contributed by atoms with Crippen molar-refractivity contribution in [3.63, 3.8) is 0 Å². The van der Waals surface area contributed by atoms with Crippen LogP contribution in [0.5, 0.6) is 5.75 Å². The van der Waals surface area contributed by atoms with E-state index in [2.05, 4.69) is 11.4 Å². The van der Waals surface area contributed by atoms with Crippen LogP contribution in [-0.2, 0) is 11.3 Å². The molecule has 1 aromatic rings. The third kappa shape index (κ3) is 5.91. The zero-order chi connectivity index (χ0) is 12.5. The molecule has 0 aromatic heterocycles. The molecule has 96 valence electrons. The molecule has 0 radical (unpaired) electrons. The van der Waals surface area contributed by atoms with Gasteiger partial charge in [0.15, 0.2) is 0 Å². The summed E-state index contributed by atoms with van der Waals surface area (Å²) in [6, 6.07) is 8.03. The molecule has 1 N–H and O–H groups in total. The second-order valence-electron chi connectivity index (χ2n) is 3.87. The predicted molar refractivity (Wildman–Crippen MR) is 70.8 cm³/mol. The number of ether oxygens (including phenoxy) is 2. The second kappa shape index (κ2) is 8.34. The highest BCUT2D eigenvalue weighted by Crippen LogP contribution is 2.12. The molecule has 4 heteroatoms. The maximum atomic E-state index is 6.03. The predicted octanol–water partition coefficient (Wildman–Crippen LogP) is 2.43. The summed E-state index contributed by atoms with van der Waals surface area (Å²) < 4.78 is 10.1. The minimum Gasteiger partial charge on any atom is -0.497 e. The van der Waals surface area contributed by atoms with E-state index in [-0.39, 0.29) is 5.38 Å². The summed E-state index contributed by atoms with van der Waals surface area (Å²) in [7, 11) is 3.34. The summed E-state index contributed by atoms with van der Waals surface area (Å²) in [5, 5.41) is 3.43. The van der Waals surface area contributed by atoms with Crippen molar-refractivity contribution in [1.82, 2.24) is 5.32 Å². The van der Waals surface area contributed by atoms with E-state index in [0.29, 0.717) is 6.61 Å².